The van der Waals surface area contributed by atoms with Gasteiger partial charge in [-0.15, -0.1) is 0 Å². The summed E-state index contributed by atoms with van der Waals surface area (Å²) in [5, 5.41) is 0. The maximum atomic E-state index is 4.73. The first-order valence-electron chi connectivity index (χ1n) is 13.9. The summed E-state index contributed by atoms with van der Waals surface area (Å²) in [6.07, 6.45) is 7.27. The molecule has 6 nitrogen and oxygen atoms in total. The van der Waals surface area contributed by atoms with Crippen molar-refractivity contribution in [1.29, 1.82) is 0 Å². The minimum Gasteiger partial charge on any atom is -0.255 e. The van der Waals surface area contributed by atoms with Crippen LogP contribution in [-0.2, 0) is 16.8 Å². The first-order valence-corrected chi connectivity index (χ1v) is 13.9. The summed E-state index contributed by atoms with van der Waals surface area (Å²) in [5.41, 5.74) is 14.2. The summed E-state index contributed by atoms with van der Waals surface area (Å²) in [5.74, 6) is 0. The number of pyridine rings is 6. The van der Waals surface area contributed by atoms with Crippen LogP contribution in [0, 0.1) is 41.5 Å². The molecule has 6 aromatic heterocycles. The van der Waals surface area contributed by atoms with Crippen LogP contribution in [0.25, 0.3) is 45.6 Å². The van der Waals surface area contributed by atoms with Crippen molar-refractivity contribution in [3.05, 3.63) is 131 Å². The van der Waals surface area contributed by atoms with Gasteiger partial charge in [-0.3, -0.25) is 19.9 Å². The maximum Gasteiger partial charge on any atom is 3.00 e. The summed E-state index contributed by atoms with van der Waals surface area (Å²) in [7, 11) is 0. The van der Waals surface area contributed by atoms with Crippen LogP contribution in [0.1, 0.15) is 33.4 Å². The van der Waals surface area contributed by atoms with E-state index < -0.39 is 0 Å². The first-order chi connectivity index (χ1) is 20.2. The van der Waals surface area contributed by atoms with E-state index in [0.717, 1.165) is 56.7 Å². The van der Waals surface area contributed by atoms with Gasteiger partial charge in [-0.1, -0.05) is 0 Å². The van der Waals surface area contributed by atoms with Crippen molar-refractivity contribution in [2.45, 2.75) is 41.5 Å². The van der Waals surface area contributed by atoms with E-state index in [9.17, 15) is 0 Å². The van der Waals surface area contributed by atoms with E-state index in [4.69, 9.17) is 9.97 Å². The molecule has 0 bridgehead atoms. The Morgan fingerprint density at radius 2 is 0.512 bits per heavy atom. The molecule has 214 valence electrons. The molecule has 0 fully saturated rings. The molecule has 43 heavy (non-hydrogen) atoms. The van der Waals surface area contributed by atoms with E-state index in [2.05, 4.69) is 110 Å². The minimum absolute atomic E-state index is 0. The Hall–Kier alpha value is -4.59. The molecular weight excluding hydrogens is 575 g/mol. The molecule has 0 aliphatic rings. The number of nitrogens with zero attached hydrogens (tertiary/aromatic N) is 6. The fraction of sp³-hybridized carbons (Fsp3) is 0.167. The Morgan fingerprint density at radius 3 is 0.721 bits per heavy atom. The fourth-order valence-electron chi connectivity index (χ4n) is 4.56. The Balaban J connectivity index is 0.000000192. The zero-order chi connectivity index (χ0) is 29.6. The van der Waals surface area contributed by atoms with Gasteiger partial charge in [-0.25, -0.2) is 9.97 Å². The van der Waals surface area contributed by atoms with Crippen LogP contribution in [0.3, 0.4) is 0 Å². The quantitative estimate of drug-likeness (QED) is 0.200. The summed E-state index contributed by atoms with van der Waals surface area (Å²) in [6, 6.07) is 24.4. The summed E-state index contributed by atoms with van der Waals surface area (Å²) < 4.78 is 0. The SMILES string of the molecule is Cc1ccnc(-c2cc(C)cc(-c3cc(C)ccn3)n2)c1.Cc1ccnc(-c2cc(C)cc(-c3cc(C)ccn3)n2)c1.[Co+3]. The third-order valence-corrected chi connectivity index (χ3v) is 6.65. The van der Waals surface area contributed by atoms with Gasteiger partial charge in [-0.05, 0) is 148 Å². The molecule has 0 amide bonds. The molecule has 6 aromatic rings. The number of rotatable bonds is 4. The Morgan fingerprint density at radius 1 is 0.302 bits per heavy atom. The molecule has 0 atom stereocenters. The van der Waals surface area contributed by atoms with Crippen molar-refractivity contribution < 1.29 is 16.8 Å². The zero-order valence-electron chi connectivity index (χ0n) is 25.3. The van der Waals surface area contributed by atoms with Gasteiger partial charge >= 0.3 is 16.8 Å². The summed E-state index contributed by atoms with van der Waals surface area (Å²) >= 11 is 0. The van der Waals surface area contributed by atoms with E-state index in [1.54, 1.807) is 0 Å². The van der Waals surface area contributed by atoms with E-state index in [1.165, 1.54) is 22.3 Å². The van der Waals surface area contributed by atoms with Gasteiger partial charge in [0.2, 0.25) is 0 Å². The standard InChI is InChI=1S/2C18H17N3.Co/c2*1-12-4-6-19-15(8-12)17-10-14(3)11-18(21-17)16-9-13(2)5-7-20-16;/h2*4-11H,1-3H3;/q;;+3. The fourth-order valence-corrected chi connectivity index (χ4v) is 4.56. The van der Waals surface area contributed by atoms with Gasteiger partial charge < -0.3 is 0 Å². The molecule has 0 N–H and O–H groups in total. The van der Waals surface area contributed by atoms with Crippen LogP contribution in [0.15, 0.2) is 97.6 Å². The van der Waals surface area contributed by atoms with Crippen molar-refractivity contribution in [2.75, 3.05) is 0 Å². The second-order valence-corrected chi connectivity index (χ2v) is 10.7. The van der Waals surface area contributed by atoms with Crippen LogP contribution in [0.2, 0.25) is 0 Å². The van der Waals surface area contributed by atoms with Crippen molar-refractivity contribution >= 4 is 0 Å². The predicted molar refractivity (Wildman–Crippen MR) is 170 cm³/mol. The van der Waals surface area contributed by atoms with Crippen LogP contribution in [0.5, 0.6) is 0 Å². The van der Waals surface area contributed by atoms with Gasteiger partial charge in [0, 0.05) is 24.8 Å². The second kappa shape index (κ2) is 14.0. The van der Waals surface area contributed by atoms with Gasteiger partial charge in [-0.2, -0.15) is 0 Å². The monoisotopic (exact) mass is 609 g/mol. The van der Waals surface area contributed by atoms with Gasteiger partial charge in [0.25, 0.3) is 0 Å². The molecular formula is C36H34CoN6+3. The number of hydrogen-bond acceptors (Lipinski definition) is 6. The van der Waals surface area contributed by atoms with E-state index in [1.807, 2.05) is 49.1 Å². The van der Waals surface area contributed by atoms with Crippen molar-refractivity contribution in [1.82, 2.24) is 29.9 Å². The van der Waals surface area contributed by atoms with Gasteiger partial charge in [0.05, 0.1) is 45.6 Å². The Kier molecular flexibility index (Phi) is 10.2. The number of hydrogen-bond donors (Lipinski definition) is 0. The smallest absolute Gasteiger partial charge is 0.255 e. The molecule has 0 unspecified atom stereocenters. The van der Waals surface area contributed by atoms with Crippen LogP contribution in [-0.4, -0.2) is 29.9 Å². The van der Waals surface area contributed by atoms with Crippen molar-refractivity contribution in [3.8, 4) is 45.6 Å². The van der Waals surface area contributed by atoms with Crippen molar-refractivity contribution in [2.24, 2.45) is 0 Å². The van der Waals surface area contributed by atoms with Gasteiger partial charge in [0.15, 0.2) is 0 Å². The van der Waals surface area contributed by atoms with E-state index in [-0.39, 0.29) is 16.8 Å². The normalized spacial score (nSPS) is 10.4. The molecule has 0 aromatic carbocycles. The molecule has 0 saturated heterocycles. The van der Waals surface area contributed by atoms with Crippen molar-refractivity contribution in [3.63, 3.8) is 0 Å². The molecule has 6 heterocycles. The first kappa shape index (κ1) is 31.3. The van der Waals surface area contributed by atoms with Crippen LogP contribution >= 0.6 is 0 Å². The van der Waals surface area contributed by atoms with Crippen LogP contribution < -0.4 is 0 Å². The molecule has 0 aliphatic heterocycles. The van der Waals surface area contributed by atoms with Crippen LogP contribution in [0.4, 0.5) is 0 Å². The molecule has 0 saturated carbocycles. The number of aryl methyl sites for hydroxylation is 6. The average Bonchev–Trinajstić information content (AvgIpc) is 2.97. The predicted octanol–water partition coefficient (Wildman–Crippen LogP) is 8.26. The molecule has 0 spiro atoms. The Bertz CT molecular complexity index is 1600. The average molecular weight is 610 g/mol. The van der Waals surface area contributed by atoms with Gasteiger partial charge in [0.1, 0.15) is 0 Å². The minimum atomic E-state index is 0. The molecule has 6 rings (SSSR count). The largest absolute Gasteiger partial charge is 3.00 e. The molecule has 0 aliphatic carbocycles. The molecule has 7 heteroatoms. The number of aromatic nitrogens is 6. The third kappa shape index (κ3) is 8.25. The van der Waals surface area contributed by atoms with E-state index in [0.29, 0.717) is 0 Å². The summed E-state index contributed by atoms with van der Waals surface area (Å²) in [6.45, 7) is 12.4. The third-order valence-electron chi connectivity index (χ3n) is 6.65. The second-order valence-electron chi connectivity index (χ2n) is 10.7. The summed E-state index contributed by atoms with van der Waals surface area (Å²) in [4.78, 5) is 27.1. The molecule has 0 radical (unpaired) electrons. The van der Waals surface area contributed by atoms with E-state index >= 15 is 0 Å². The zero-order valence-corrected chi connectivity index (χ0v) is 26.3. The Labute approximate surface area is 264 Å². The topological polar surface area (TPSA) is 77.3 Å². The maximum absolute atomic E-state index is 4.73.